The highest BCUT2D eigenvalue weighted by Gasteiger charge is 2.17. The van der Waals surface area contributed by atoms with Gasteiger partial charge in [-0.3, -0.25) is 0 Å². The zero-order chi connectivity index (χ0) is 14.5. The van der Waals surface area contributed by atoms with Crippen LogP contribution in [-0.4, -0.2) is 48.7 Å². The highest BCUT2D eigenvalue weighted by Crippen LogP contribution is 2.28. The molecule has 1 fully saturated rings. The number of piperazine rings is 1. The minimum Gasteiger partial charge on any atom is -0.478 e. The number of rotatable bonds is 4. The minimum absolute atomic E-state index is 0.884. The molecule has 0 aromatic heterocycles. The van der Waals surface area contributed by atoms with E-state index in [2.05, 4.69) is 32.7 Å². The van der Waals surface area contributed by atoms with Crippen molar-refractivity contribution in [1.29, 1.82) is 0 Å². The molecule has 4 nitrogen and oxygen atoms in total. The molecule has 0 spiro atoms. The second-order valence-electron chi connectivity index (χ2n) is 4.80. The Morgan fingerprint density at radius 1 is 1.35 bits per heavy atom. The zero-order valence-electron chi connectivity index (χ0n) is 11.6. The van der Waals surface area contributed by atoms with Crippen molar-refractivity contribution in [2.24, 2.45) is 0 Å². The predicted octanol–water partition coefficient (Wildman–Crippen LogP) is 2.69. The Hall–Kier alpha value is -1.33. The van der Waals surface area contributed by atoms with Gasteiger partial charge in [0.2, 0.25) is 0 Å². The van der Waals surface area contributed by atoms with Gasteiger partial charge in [-0.2, -0.15) is 0 Å². The third-order valence-corrected chi connectivity index (χ3v) is 4.19. The van der Waals surface area contributed by atoms with Crippen molar-refractivity contribution in [2.45, 2.75) is 6.92 Å². The van der Waals surface area contributed by atoms with E-state index >= 15 is 0 Å². The Labute approximate surface area is 127 Å². The van der Waals surface area contributed by atoms with Crippen molar-refractivity contribution in [3.05, 3.63) is 34.3 Å². The number of carboxylic acids is 1. The number of hydrogen-bond donors (Lipinski definition) is 1. The molecule has 1 aliphatic rings. The van der Waals surface area contributed by atoms with E-state index in [9.17, 15) is 4.79 Å². The fourth-order valence-electron chi connectivity index (χ4n) is 2.36. The highest BCUT2D eigenvalue weighted by atomic mass is 79.9. The van der Waals surface area contributed by atoms with Crippen molar-refractivity contribution in [1.82, 2.24) is 4.90 Å². The number of hydrogen-bond acceptors (Lipinski definition) is 3. The molecule has 1 heterocycles. The molecule has 0 unspecified atom stereocenters. The SMILES string of the molecule is CCN1CCN(c2ccc(/C=C/C(=O)O)cc2Br)CC1. The molecule has 2 rings (SSSR count). The van der Waals surface area contributed by atoms with Crippen LogP contribution < -0.4 is 4.90 Å². The van der Waals surface area contributed by atoms with Crippen molar-refractivity contribution in [3.8, 4) is 0 Å². The zero-order valence-corrected chi connectivity index (χ0v) is 13.1. The van der Waals surface area contributed by atoms with Crippen LogP contribution in [0.3, 0.4) is 0 Å². The van der Waals surface area contributed by atoms with Crippen molar-refractivity contribution in [2.75, 3.05) is 37.6 Å². The summed E-state index contributed by atoms with van der Waals surface area (Å²) in [6, 6.07) is 5.96. The number of benzene rings is 1. The molecule has 0 atom stereocenters. The van der Waals surface area contributed by atoms with Gasteiger partial charge >= 0.3 is 5.97 Å². The number of likely N-dealkylation sites (N-methyl/N-ethyl adjacent to an activating group) is 1. The van der Waals surface area contributed by atoms with Gasteiger partial charge < -0.3 is 14.9 Å². The summed E-state index contributed by atoms with van der Waals surface area (Å²) in [6.45, 7) is 7.52. The molecule has 5 heteroatoms. The molecule has 1 aliphatic heterocycles. The Kier molecular flexibility index (Phi) is 5.20. The molecule has 108 valence electrons. The summed E-state index contributed by atoms with van der Waals surface area (Å²) in [6.07, 6.45) is 2.76. The van der Waals surface area contributed by atoms with E-state index in [4.69, 9.17) is 5.11 Å². The number of halogens is 1. The summed E-state index contributed by atoms with van der Waals surface area (Å²) in [5, 5.41) is 8.64. The normalized spacial score (nSPS) is 16.8. The Balaban J connectivity index is 2.08. The first-order chi connectivity index (χ1) is 9.60. The fourth-order valence-corrected chi connectivity index (χ4v) is 3.00. The first-order valence-electron chi connectivity index (χ1n) is 6.78. The smallest absolute Gasteiger partial charge is 0.328 e. The highest BCUT2D eigenvalue weighted by molar-refractivity contribution is 9.10. The third-order valence-electron chi connectivity index (χ3n) is 3.55. The topological polar surface area (TPSA) is 43.8 Å². The second kappa shape index (κ2) is 6.90. The molecule has 0 saturated carbocycles. The van der Waals surface area contributed by atoms with Crippen LogP contribution in [0.4, 0.5) is 5.69 Å². The van der Waals surface area contributed by atoms with Crippen LogP contribution in [0.15, 0.2) is 28.7 Å². The van der Waals surface area contributed by atoms with Crippen LogP contribution in [0.25, 0.3) is 6.08 Å². The summed E-state index contributed by atoms with van der Waals surface area (Å²) in [7, 11) is 0. The lowest BCUT2D eigenvalue weighted by molar-refractivity contribution is -0.131. The summed E-state index contributed by atoms with van der Waals surface area (Å²) in [5.74, 6) is -0.930. The number of carbonyl (C=O) groups is 1. The molecule has 1 N–H and O–H groups in total. The van der Waals surface area contributed by atoms with Gasteiger partial charge in [-0.05, 0) is 46.2 Å². The van der Waals surface area contributed by atoms with E-state index in [1.807, 2.05) is 18.2 Å². The first-order valence-corrected chi connectivity index (χ1v) is 7.57. The van der Waals surface area contributed by atoms with Gasteiger partial charge in [-0.1, -0.05) is 13.0 Å². The van der Waals surface area contributed by atoms with Crippen molar-refractivity contribution >= 4 is 33.7 Å². The van der Waals surface area contributed by atoms with Gasteiger partial charge in [0.15, 0.2) is 0 Å². The number of aliphatic carboxylic acids is 1. The molecular formula is C15H19BrN2O2. The molecule has 1 aromatic carbocycles. The summed E-state index contributed by atoms with van der Waals surface area (Å²) < 4.78 is 1.01. The lowest BCUT2D eigenvalue weighted by Gasteiger charge is -2.36. The van der Waals surface area contributed by atoms with Gasteiger partial charge in [0.1, 0.15) is 0 Å². The quantitative estimate of drug-likeness (QED) is 0.857. The van der Waals surface area contributed by atoms with Gasteiger partial charge in [0, 0.05) is 36.7 Å². The van der Waals surface area contributed by atoms with Gasteiger partial charge in [0.25, 0.3) is 0 Å². The van der Waals surface area contributed by atoms with Crippen LogP contribution in [0.5, 0.6) is 0 Å². The molecule has 20 heavy (non-hydrogen) atoms. The molecule has 1 aromatic rings. The molecule has 0 bridgehead atoms. The monoisotopic (exact) mass is 338 g/mol. The molecule has 0 radical (unpaired) electrons. The summed E-state index contributed by atoms with van der Waals surface area (Å²) in [5.41, 5.74) is 2.06. The average molecular weight is 339 g/mol. The minimum atomic E-state index is -0.930. The van der Waals surface area contributed by atoms with E-state index in [1.54, 1.807) is 6.08 Å². The lowest BCUT2D eigenvalue weighted by Crippen LogP contribution is -2.46. The van der Waals surface area contributed by atoms with Crippen molar-refractivity contribution in [3.63, 3.8) is 0 Å². The van der Waals surface area contributed by atoms with Gasteiger partial charge in [-0.15, -0.1) is 0 Å². The number of anilines is 1. The maximum absolute atomic E-state index is 10.5. The third kappa shape index (κ3) is 3.84. The first kappa shape index (κ1) is 15.1. The molecule has 0 amide bonds. The van der Waals surface area contributed by atoms with E-state index in [0.717, 1.165) is 48.8 Å². The van der Waals surface area contributed by atoms with Crippen LogP contribution >= 0.6 is 15.9 Å². The van der Waals surface area contributed by atoms with Gasteiger partial charge in [0.05, 0.1) is 5.69 Å². The number of carboxylic acid groups (broad SMARTS) is 1. The Bertz CT molecular complexity index is 509. The van der Waals surface area contributed by atoms with E-state index in [-0.39, 0.29) is 0 Å². The van der Waals surface area contributed by atoms with Crippen molar-refractivity contribution < 1.29 is 9.90 Å². The largest absolute Gasteiger partial charge is 0.478 e. The fraction of sp³-hybridized carbons (Fsp3) is 0.400. The lowest BCUT2D eigenvalue weighted by atomic mass is 10.1. The van der Waals surface area contributed by atoms with E-state index in [1.165, 1.54) is 5.69 Å². The average Bonchev–Trinajstić information content (AvgIpc) is 2.45. The standard InChI is InChI=1S/C15H19BrN2O2/c1-2-17-7-9-18(10-8-17)14-5-3-12(11-13(14)16)4-6-15(19)20/h3-6,11H,2,7-10H2,1H3,(H,19,20)/b6-4+. The van der Waals surface area contributed by atoms with E-state index < -0.39 is 5.97 Å². The maximum Gasteiger partial charge on any atom is 0.328 e. The van der Waals surface area contributed by atoms with Crippen LogP contribution in [0.2, 0.25) is 0 Å². The molecule has 1 saturated heterocycles. The van der Waals surface area contributed by atoms with Crippen LogP contribution in [0, 0.1) is 0 Å². The van der Waals surface area contributed by atoms with E-state index in [0.29, 0.717) is 0 Å². The van der Waals surface area contributed by atoms with Crippen LogP contribution in [-0.2, 0) is 4.79 Å². The predicted molar refractivity (Wildman–Crippen MR) is 85.1 cm³/mol. The summed E-state index contributed by atoms with van der Waals surface area (Å²) in [4.78, 5) is 15.3. The number of nitrogens with zero attached hydrogens (tertiary/aromatic N) is 2. The van der Waals surface area contributed by atoms with Gasteiger partial charge in [-0.25, -0.2) is 4.79 Å². The molecule has 0 aliphatic carbocycles. The maximum atomic E-state index is 10.5. The van der Waals surface area contributed by atoms with Crippen LogP contribution in [0.1, 0.15) is 12.5 Å². The summed E-state index contributed by atoms with van der Waals surface area (Å²) >= 11 is 3.59. The molecular weight excluding hydrogens is 320 g/mol. The Morgan fingerprint density at radius 3 is 2.60 bits per heavy atom. The Morgan fingerprint density at radius 2 is 2.05 bits per heavy atom. The second-order valence-corrected chi connectivity index (χ2v) is 5.66.